The third-order valence-electron chi connectivity index (χ3n) is 4.40. The summed E-state index contributed by atoms with van der Waals surface area (Å²) in [4.78, 5) is 4.67. The highest BCUT2D eigenvalue weighted by atomic mass is 19.1. The SMILES string of the molecule is N#Cc1ccc(OCCN2CC3CN(CCN)CC(C2)O3)c(F)c1. The van der Waals surface area contributed by atoms with Gasteiger partial charge in [0.25, 0.3) is 0 Å². The van der Waals surface area contributed by atoms with E-state index in [0.717, 1.165) is 39.3 Å². The van der Waals surface area contributed by atoms with Crippen LogP contribution < -0.4 is 10.5 Å². The van der Waals surface area contributed by atoms with E-state index in [1.54, 1.807) is 6.07 Å². The topological polar surface area (TPSA) is 74.8 Å². The Morgan fingerprint density at radius 2 is 1.88 bits per heavy atom. The zero-order chi connectivity index (χ0) is 16.9. The second kappa shape index (κ2) is 7.90. The van der Waals surface area contributed by atoms with Crippen molar-refractivity contribution in [2.24, 2.45) is 5.73 Å². The highest BCUT2D eigenvalue weighted by Gasteiger charge is 2.34. The molecule has 0 aliphatic carbocycles. The molecule has 24 heavy (non-hydrogen) atoms. The fourth-order valence-electron chi connectivity index (χ4n) is 3.38. The summed E-state index contributed by atoms with van der Waals surface area (Å²) in [5.41, 5.74) is 5.92. The number of hydrogen-bond donors (Lipinski definition) is 1. The van der Waals surface area contributed by atoms with E-state index in [2.05, 4.69) is 9.80 Å². The van der Waals surface area contributed by atoms with Gasteiger partial charge in [-0.15, -0.1) is 0 Å². The zero-order valence-electron chi connectivity index (χ0n) is 13.7. The molecule has 2 atom stereocenters. The van der Waals surface area contributed by atoms with Gasteiger partial charge >= 0.3 is 0 Å². The number of nitriles is 1. The number of morpholine rings is 2. The number of fused-ring (bicyclic) bond motifs is 2. The lowest BCUT2D eigenvalue weighted by atomic mass is 10.1. The van der Waals surface area contributed by atoms with E-state index in [1.807, 2.05) is 6.07 Å². The molecular formula is C17H23FN4O2. The van der Waals surface area contributed by atoms with Crippen LogP contribution >= 0.6 is 0 Å². The Balaban J connectivity index is 1.46. The second-order valence-electron chi connectivity index (χ2n) is 6.29. The Kier molecular flexibility index (Phi) is 5.63. The van der Waals surface area contributed by atoms with E-state index in [1.165, 1.54) is 12.1 Å². The van der Waals surface area contributed by atoms with Crippen LogP contribution in [0, 0.1) is 17.1 Å². The molecular weight excluding hydrogens is 311 g/mol. The van der Waals surface area contributed by atoms with Gasteiger partial charge in [-0.3, -0.25) is 9.80 Å². The molecule has 2 N–H and O–H groups in total. The average molecular weight is 334 g/mol. The molecule has 2 fully saturated rings. The summed E-state index contributed by atoms with van der Waals surface area (Å²) >= 11 is 0. The van der Waals surface area contributed by atoms with E-state index in [9.17, 15) is 4.39 Å². The summed E-state index contributed by atoms with van der Waals surface area (Å²) in [6, 6.07) is 6.17. The van der Waals surface area contributed by atoms with Gasteiger partial charge in [0.05, 0.1) is 23.8 Å². The quantitative estimate of drug-likeness (QED) is 0.813. The molecule has 2 saturated heterocycles. The van der Waals surface area contributed by atoms with Crippen LogP contribution in [0.4, 0.5) is 4.39 Å². The Bertz CT molecular complexity index is 593. The van der Waals surface area contributed by atoms with Crippen molar-refractivity contribution in [3.63, 3.8) is 0 Å². The first kappa shape index (κ1) is 17.1. The molecule has 0 radical (unpaired) electrons. The maximum absolute atomic E-state index is 13.8. The smallest absolute Gasteiger partial charge is 0.166 e. The molecule has 2 unspecified atom stereocenters. The summed E-state index contributed by atoms with van der Waals surface area (Å²) in [6.07, 6.45) is 0.409. The molecule has 2 heterocycles. The van der Waals surface area contributed by atoms with Crippen molar-refractivity contribution in [1.29, 1.82) is 5.26 Å². The largest absolute Gasteiger partial charge is 0.489 e. The van der Waals surface area contributed by atoms with Gasteiger partial charge in [0.15, 0.2) is 11.6 Å². The van der Waals surface area contributed by atoms with Crippen LogP contribution in [0.1, 0.15) is 5.56 Å². The number of benzene rings is 1. The van der Waals surface area contributed by atoms with Crippen molar-refractivity contribution in [3.8, 4) is 11.8 Å². The first-order chi connectivity index (χ1) is 11.7. The maximum Gasteiger partial charge on any atom is 0.166 e. The molecule has 6 nitrogen and oxygen atoms in total. The number of nitrogens with two attached hydrogens (primary N) is 1. The monoisotopic (exact) mass is 334 g/mol. The minimum Gasteiger partial charge on any atom is -0.489 e. The number of nitrogens with zero attached hydrogens (tertiary/aromatic N) is 3. The summed E-state index contributed by atoms with van der Waals surface area (Å²) in [5.74, 6) is -0.304. The molecule has 0 aromatic heterocycles. The van der Waals surface area contributed by atoms with E-state index in [0.29, 0.717) is 18.7 Å². The van der Waals surface area contributed by atoms with Gasteiger partial charge in [0.2, 0.25) is 0 Å². The minimum atomic E-state index is -0.495. The summed E-state index contributed by atoms with van der Waals surface area (Å²) in [6.45, 7) is 6.27. The molecule has 1 aromatic rings. The van der Waals surface area contributed by atoms with Gasteiger partial charge in [-0.25, -0.2) is 4.39 Å². The summed E-state index contributed by atoms with van der Waals surface area (Å²) in [5, 5.41) is 8.74. The predicted octanol–water partition coefficient (Wildman–Crippen LogP) is 0.420. The number of hydrogen-bond acceptors (Lipinski definition) is 6. The van der Waals surface area contributed by atoms with Crippen molar-refractivity contribution in [2.75, 3.05) is 52.4 Å². The van der Waals surface area contributed by atoms with Crippen LogP contribution in [0.3, 0.4) is 0 Å². The van der Waals surface area contributed by atoms with Crippen molar-refractivity contribution in [2.45, 2.75) is 12.2 Å². The van der Waals surface area contributed by atoms with Crippen molar-refractivity contribution >= 4 is 0 Å². The molecule has 1 aromatic carbocycles. The van der Waals surface area contributed by atoms with E-state index >= 15 is 0 Å². The van der Waals surface area contributed by atoms with Crippen LogP contribution in [0.25, 0.3) is 0 Å². The normalized spacial score (nSPS) is 24.5. The van der Waals surface area contributed by atoms with Gasteiger partial charge < -0.3 is 15.2 Å². The highest BCUT2D eigenvalue weighted by Crippen LogP contribution is 2.20. The molecule has 2 aliphatic rings. The van der Waals surface area contributed by atoms with E-state index in [-0.39, 0.29) is 18.0 Å². The molecule has 130 valence electrons. The lowest BCUT2D eigenvalue weighted by Crippen LogP contribution is -2.60. The molecule has 0 spiro atoms. The third kappa shape index (κ3) is 4.22. The molecule has 3 rings (SSSR count). The lowest BCUT2D eigenvalue weighted by Gasteiger charge is -2.45. The summed E-state index contributed by atoms with van der Waals surface area (Å²) < 4.78 is 25.3. The average Bonchev–Trinajstić information content (AvgIpc) is 2.56. The fraction of sp³-hybridized carbons (Fsp3) is 0.588. The Morgan fingerprint density at radius 1 is 1.21 bits per heavy atom. The maximum atomic E-state index is 13.8. The standard InChI is InChI=1S/C17H23FN4O2/c18-16-7-13(8-20)1-2-17(16)23-6-5-22-11-14-9-21(4-3-19)10-15(12-22)24-14/h1-2,7,14-15H,3-6,9-12,19H2. The predicted molar refractivity (Wildman–Crippen MR) is 87.2 cm³/mol. The molecule has 2 aliphatic heterocycles. The number of ether oxygens (including phenoxy) is 2. The minimum absolute atomic E-state index is 0.191. The Hall–Kier alpha value is -1.72. The Labute approximate surface area is 141 Å². The van der Waals surface area contributed by atoms with Gasteiger partial charge in [-0.05, 0) is 18.2 Å². The summed E-state index contributed by atoms with van der Waals surface area (Å²) in [7, 11) is 0. The Morgan fingerprint density at radius 3 is 2.46 bits per heavy atom. The molecule has 0 amide bonds. The molecule has 0 saturated carbocycles. The van der Waals surface area contributed by atoms with Gasteiger partial charge in [-0.1, -0.05) is 0 Å². The fourth-order valence-corrected chi connectivity index (χ4v) is 3.38. The van der Waals surface area contributed by atoms with Gasteiger partial charge in [-0.2, -0.15) is 5.26 Å². The van der Waals surface area contributed by atoms with Crippen LogP contribution in [0.15, 0.2) is 18.2 Å². The van der Waals surface area contributed by atoms with Crippen LogP contribution in [0.2, 0.25) is 0 Å². The lowest BCUT2D eigenvalue weighted by molar-refractivity contribution is -0.138. The third-order valence-corrected chi connectivity index (χ3v) is 4.40. The van der Waals surface area contributed by atoms with Crippen molar-refractivity contribution in [3.05, 3.63) is 29.6 Å². The van der Waals surface area contributed by atoms with E-state index < -0.39 is 5.82 Å². The molecule has 7 heteroatoms. The zero-order valence-corrected chi connectivity index (χ0v) is 13.7. The molecule has 2 bridgehead atoms. The second-order valence-corrected chi connectivity index (χ2v) is 6.29. The highest BCUT2D eigenvalue weighted by molar-refractivity contribution is 5.35. The van der Waals surface area contributed by atoms with Gasteiger partial charge in [0, 0.05) is 45.8 Å². The van der Waals surface area contributed by atoms with Crippen LogP contribution in [0.5, 0.6) is 5.75 Å². The van der Waals surface area contributed by atoms with Crippen molar-refractivity contribution < 1.29 is 13.9 Å². The first-order valence-corrected chi connectivity index (χ1v) is 8.30. The number of halogens is 1. The van der Waals surface area contributed by atoms with E-state index in [4.69, 9.17) is 20.5 Å². The number of rotatable bonds is 6. The van der Waals surface area contributed by atoms with Crippen LogP contribution in [-0.4, -0.2) is 74.4 Å². The van der Waals surface area contributed by atoms with Crippen molar-refractivity contribution in [1.82, 2.24) is 9.80 Å². The first-order valence-electron chi connectivity index (χ1n) is 8.30. The van der Waals surface area contributed by atoms with Gasteiger partial charge in [0.1, 0.15) is 6.61 Å². The van der Waals surface area contributed by atoms with Crippen LogP contribution in [-0.2, 0) is 4.74 Å².